The van der Waals surface area contributed by atoms with Gasteiger partial charge in [0.25, 0.3) is 0 Å². The van der Waals surface area contributed by atoms with Gasteiger partial charge in [0.15, 0.2) is 0 Å². The average Bonchev–Trinajstić information content (AvgIpc) is 2.52. The van der Waals surface area contributed by atoms with Gasteiger partial charge in [-0.1, -0.05) is 91.9 Å². The van der Waals surface area contributed by atoms with Crippen LogP contribution in [0.3, 0.4) is 0 Å². The Morgan fingerprint density at radius 3 is 1.44 bits per heavy atom. The minimum atomic E-state index is -2.31. The molecule has 0 saturated heterocycles. The van der Waals surface area contributed by atoms with E-state index in [4.69, 9.17) is 0 Å². The highest BCUT2D eigenvalue weighted by Crippen LogP contribution is 2.60. The molecule has 0 rings (SSSR count). The van der Waals surface area contributed by atoms with Crippen molar-refractivity contribution in [2.45, 2.75) is 123 Å². The fourth-order valence-electron chi connectivity index (χ4n) is 3.77. The molecule has 0 fully saturated rings. The third-order valence-corrected chi connectivity index (χ3v) is 9.97. The molecule has 0 heterocycles. The topological polar surface area (TPSA) is 34.1 Å². The number of hydrogen-bond donors (Lipinski definition) is 0. The zero-order valence-electron chi connectivity index (χ0n) is 17.9. The summed E-state index contributed by atoms with van der Waals surface area (Å²) in [6.45, 7) is 10.3. The SMILES string of the molecule is CCCCCCCCP(=O)(CCCCCCCC)C(C)(C)CC(C)=O. The van der Waals surface area contributed by atoms with E-state index in [0.717, 1.165) is 25.2 Å². The van der Waals surface area contributed by atoms with Crippen LogP contribution in [0.5, 0.6) is 0 Å². The van der Waals surface area contributed by atoms with Crippen molar-refractivity contribution in [2.75, 3.05) is 12.3 Å². The Morgan fingerprint density at radius 1 is 0.720 bits per heavy atom. The normalized spacial score (nSPS) is 12.5. The minimum Gasteiger partial charge on any atom is -0.323 e. The van der Waals surface area contributed by atoms with Crippen molar-refractivity contribution in [2.24, 2.45) is 0 Å². The average molecular weight is 373 g/mol. The maximum atomic E-state index is 13.8. The van der Waals surface area contributed by atoms with Gasteiger partial charge in [-0.05, 0) is 19.8 Å². The number of ketones is 1. The predicted octanol–water partition coefficient (Wildman–Crippen LogP) is 7.83. The highest BCUT2D eigenvalue weighted by molar-refractivity contribution is 7.65. The van der Waals surface area contributed by atoms with E-state index in [9.17, 15) is 9.36 Å². The van der Waals surface area contributed by atoms with Crippen molar-refractivity contribution < 1.29 is 9.36 Å². The standard InChI is InChI=1S/C22H45O2P/c1-6-8-10-12-14-16-18-25(24,22(4,5)20-21(3)23)19-17-15-13-11-9-7-2/h6-20H2,1-5H3. The van der Waals surface area contributed by atoms with E-state index in [0.29, 0.717) is 6.42 Å². The van der Waals surface area contributed by atoms with E-state index in [1.54, 1.807) is 6.92 Å². The monoisotopic (exact) mass is 372 g/mol. The Kier molecular flexibility index (Phi) is 14.0. The van der Waals surface area contributed by atoms with E-state index < -0.39 is 7.14 Å². The van der Waals surface area contributed by atoms with Crippen LogP contribution in [0.1, 0.15) is 118 Å². The van der Waals surface area contributed by atoms with Gasteiger partial charge < -0.3 is 4.57 Å². The second-order valence-electron chi connectivity index (χ2n) is 8.56. The van der Waals surface area contributed by atoms with Gasteiger partial charge in [0.1, 0.15) is 5.78 Å². The molecule has 0 unspecified atom stereocenters. The lowest BCUT2D eigenvalue weighted by Crippen LogP contribution is -2.26. The minimum absolute atomic E-state index is 0.177. The molecule has 0 atom stereocenters. The Balaban J connectivity index is 4.53. The summed E-state index contributed by atoms with van der Waals surface area (Å²) in [6, 6.07) is 0. The van der Waals surface area contributed by atoms with Crippen molar-refractivity contribution >= 4 is 12.9 Å². The van der Waals surface area contributed by atoms with E-state index in [1.807, 2.05) is 0 Å². The number of carbonyl (C=O) groups is 1. The van der Waals surface area contributed by atoms with Crippen LogP contribution in [0.4, 0.5) is 0 Å². The van der Waals surface area contributed by atoms with Crippen LogP contribution in [0.15, 0.2) is 0 Å². The van der Waals surface area contributed by atoms with Gasteiger partial charge in [0, 0.05) is 23.9 Å². The van der Waals surface area contributed by atoms with Crippen LogP contribution < -0.4 is 0 Å². The molecule has 3 heteroatoms. The lowest BCUT2D eigenvalue weighted by Gasteiger charge is -2.34. The van der Waals surface area contributed by atoms with Crippen molar-refractivity contribution in [1.29, 1.82) is 0 Å². The highest BCUT2D eigenvalue weighted by Gasteiger charge is 2.39. The molecule has 0 aliphatic carbocycles. The van der Waals surface area contributed by atoms with Gasteiger partial charge in [-0.2, -0.15) is 0 Å². The van der Waals surface area contributed by atoms with Crippen LogP contribution in [0.25, 0.3) is 0 Å². The molecule has 0 radical (unpaired) electrons. The number of hydrogen-bond acceptors (Lipinski definition) is 2. The third-order valence-electron chi connectivity index (χ3n) is 5.53. The van der Waals surface area contributed by atoms with E-state index in [2.05, 4.69) is 27.7 Å². The zero-order valence-corrected chi connectivity index (χ0v) is 18.8. The Morgan fingerprint density at radius 2 is 1.08 bits per heavy atom. The summed E-state index contributed by atoms with van der Waals surface area (Å²) in [5, 5.41) is -0.328. The molecule has 0 bridgehead atoms. The molecule has 150 valence electrons. The van der Waals surface area contributed by atoms with Crippen LogP contribution in [-0.4, -0.2) is 23.3 Å². The van der Waals surface area contributed by atoms with Gasteiger partial charge in [0.05, 0.1) is 7.14 Å². The zero-order chi connectivity index (χ0) is 19.2. The summed E-state index contributed by atoms with van der Waals surface area (Å²) in [6.07, 6.45) is 16.9. The molecule has 0 aliphatic heterocycles. The first kappa shape index (κ1) is 24.9. The maximum absolute atomic E-state index is 13.8. The molecule has 0 spiro atoms. The van der Waals surface area contributed by atoms with Gasteiger partial charge in [-0.3, -0.25) is 4.79 Å². The van der Waals surface area contributed by atoms with Gasteiger partial charge in [-0.15, -0.1) is 0 Å². The first-order valence-electron chi connectivity index (χ1n) is 10.9. The van der Waals surface area contributed by atoms with Gasteiger partial charge >= 0.3 is 0 Å². The third kappa shape index (κ3) is 11.3. The predicted molar refractivity (Wildman–Crippen MR) is 113 cm³/mol. The molecule has 0 aromatic rings. The molecular formula is C22H45O2P. The first-order chi connectivity index (χ1) is 11.8. The molecule has 2 nitrogen and oxygen atoms in total. The summed E-state index contributed by atoms with van der Waals surface area (Å²) in [7, 11) is -2.31. The van der Waals surface area contributed by atoms with E-state index in [-0.39, 0.29) is 10.9 Å². The molecule has 0 aliphatic rings. The van der Waals surface area contributed by atoms with Crippen molar-refractivity contribution in [1.82, 2.24) is 0 Å². The van der Waals surface area contributed by atoms with Gasteiger partial charge in [-0.25, -0.2) is 0 Å². The fraction of sp³-hybridized carbons (Fsp3) is 0.955. The molecule has 0 aromatic carbocycles. The van der Waals surface area contributed by atoms with Gasteiger partial charge in [0.2, 0.25) is 0 Å². The Labute approximate surface area is 158 Å². The lowest BCUT2D eigenvalue weighted by molar-refractivity contribution is -0.117. The van der Waals surface area contributed by atoms with Crippen LogP contribution >= 0.6 is 7.14 Å². The molecule has 0 amide bonds. The smallest absolute Gasteiger partial charge is 0.130 e. The maximum Gasteiger partial charge on any atom is 0.130 e. The number of Topliss-reactive ketones (excluding diaryl/α,β-unsaturated/α-hetero) is 1. The molecule has 25 heavy (non-hydrogen) atoms. The quantitative estimate of drug-likeness (QED) is 0.192. The highest BCUT2D eigenvalue weighted by atomic mass is 31.2. The first-order valence-corrected chi connectivity index (χ1v) is 12.9. The molecule has 0 aromatic heterocycles. The van der Waals surface area contributed by atoms with Crippen molar-refractivity contribution in [3.05, 3.63) is 0 Å². The Bertz CT molecular complexity index is 367. The summed E-state index contributed by atoms with van der Waals surface area (Å²) in [4.78, 5) is 11.7. The summed E-state index contributed by atoms with van der Waals surface area (Å²) >= 11 is 0. The van der Waals surface area contributed by atoms with Crippen molar-refractivity contribution in [3.63, 3.8) is 0 Å². The summed E-state index contributed by atoms with van der Waals surface area (Å²) in [5.41, 5.74) is 0. The molecule has 0 N–H and O–H groups in total. The molecule has 0 saturated carbocycles. The van der Waals surface area contributed by atoms with Crippen molar-refractivity contribution in [3.8, 4) is 0 Å². The van der Waals surface area contributed by atoms with Crippen LogP contribution in [-0.2, 0) is 9.36 Å². The molecular weight excluding hydrogens is 327 g/mol. The van der Waals surface area contributed by atoms with Crippen LogP contribution in [0, 0.1) is 0 Å². The summed E-state index contributed by atoms with van der Waals surface area (Å²) in [5.74, 6) is 0.177. The largest absolute Gasteiger partial charge is 0.323 e. The second kappa shape index (κ2) is 14.0. The van der Waals surface area contributed by atoms with Crippen LogP contribution in [0.2, 0.25) is 0 Å². The summed E-state index contributed by atoms with van der Waals surface area (Å²) < 4.78 is 13.8. The lowest BCUT2D eigenvalue weighted by atomic mass is 10.1. The van der Waals surface area contributed by atoms with E-state index in [1.165, 1.54) is 64.2 Å². The Hall–Kier alpha value is -0.100. The fourth-order valence-corrected chi connectivity index (χ4v) is 7.18. The number of rotatable bonds is 17. The second-order valence-corrected chi connectivity index (χ2v) is 12.4. The van der Waals surface area contributed by atoms with E-state index >= 15 is 0 Å². The number of carbonyl (C=O) groups excluding carboxylic acids is 1. The number of unbranched alkanes of at least 4 members (excludes halogenated alkanes) is 10.